The minimum absolute atomic E-state index is 0.128. The van der Waals surface area contributed by atoms with Crippen molar-refractivity contribution in [1.29, 1.82) is 0 Å². The lowest BCUT2D eigenvalue weighted by Crippen LogP contribution is -2.54. The Morgan fingerprint density at radius 2 is 2.25 bits per heavy atom. The van der Waals surface area contributed by atoms with Crippen LogP contribution in [0.2, 0.25) is 5.28 Å². The number of aliphatic hydroxyl groups is 1. The normalized spacial score (nSPS) is 26.9. The van der Waals surface area contributed by atoms with Gasteiger partial charge >= 0.3 is 0 Å². The topological polar surface area (TPSA) is 49.2 Å². The lowest BCUT2D eigenvalue weighted by atomic mass is 9.69. The molecule has 1 aliphatic carbocycles. The molecule has 1 N–H and O–H groups in total. The maximum Gasteiger partial charge on any atom is 0.224 e. The third-order valence-electron chi connectivity index (χ3n) is 5.17. The summed E-state index contributed by atoms with van der Waals surface area (Å²) in [5, 5.41) is 10.1. The molecule has 3 heterocycles. The zero-order valence-electron chi connectivity index (χ0n) is 11.3. The molecular weight excluding hydrogens is 294 g/mol. The van der Waals surface area contributed by atoms with Crippen molar-refractivity contribution in [3.63, 3.8) is 0 Å². The fraction of sp³-hybridized carbons (Fsp3) is 0.714. The number of aromatic nitrogens is 2. The number of rotatable bonds is 2. The average Bonchev–Trinajstić information content (AvgIpc) is 2.99. The van der Waals surface area contributed by atoms with Gasteiger partial charge in [-0.05, 0) is 37.3 Å². The van der Waals surface area contributed by atoms with Crippen molar-refractivity contribution in [2.75, 3.05) is 23.8 Å². The number of anilines is 1. The molecule has 4 nitrogen and oxygen atoms in total. The molecule has 4 rings (SSSR count). The largest absolute Gasteiger partial charge is 0.396 e. The molecule has 1 atom stereocenters. The van der Waals surface area contributed by atoms with Crippen LogP contribution in [0, 0.1) is 5.92 Å². The standard InChI is InChI=1S/C14H18ClN3OS/c15-13-16-10-3-7-20-11(10)12(17-13)18-6-2-9(8-19)14(18)4-1-5-14/h9,19H,1-8H2. The van der Waals surface area contributed by atoms with Gasteiger partial charge in [0.25, 0.3) is 0 Å². The number of aryl methyl sites for hydroxylation is 1. The Morgan fingerprint density at radius 1 is 1.40 bits per heavy atom. The molecule has 0 radical (unpaired) electrons. The third kappa shape index (κ3) is 1.72. The van der Waals surface area contributed by atoms with Gasteiger partial charge in [-0.25, -0.2) is 4.98 Å². The average molecular weight is 312 g/mol. The summed E-state index contributed by atoms with van der Waals surface area (Å²) in [6.07, 6.45) is 5.62. The number of halogens is 1. The van der Waals surface area contributed by atoms with Crippen molar-refractivity contribution >= 4 is 29.2 Å². The molecule has 3 aliphatic rings. The summed E-state index contributed by atoms with van der Waals surface area (Å²) >= 11 is 7.97. The Labute approximate surface area is 127 Å². The molecular formula is C14H18ClN3OS. The van der Waals surface area contributed by atoms with E-state index in [4.69, 9.17) is 11.6 Å². The van der Waals surface area contributed by atoms with Crippen LogP contribution in [0.15, 0.2) is 4.90 Å². The number of aliphatic hydroxyl groups excluding tert-OH is 1. The molecule has 1 aromatic heterocycles. The first kappa shape index (κ1) is 13.2. The van der Waals surface area contributed by atoms with Gasteiger partial charge in [0.1, 0.15) is 5.82 Å². The van der Waals surface area contributed by atoms with Crippen LogP contribution in [-0.2, 0) is 6.42 Å². The van der Waals surface area contributed by atoms with Crippen LogP contribution in [0.4, 0.5) is 5.82 Å². The quantitative estimate of drug-likeness (QED) is 0.851. The molecule has 0 aromatic carbocycles. The second-order valence-corrected chi connectivity index (χ2v) is 7.41. The Hall–Kier alpha value is -0.520. The van der Waals surface area contributed by atoms with Crippen LogP contribution < -0.4 is 4.90 Å². The highest BCUT2D eigenvalue weighted by Gasteiger charge is 2.53. The highest BCUT2D eigenvalue weighted by Crippen LogP contribution is 2.52. The molecule has 1 saturated carbocycles. The van der Waals surface area contributed by atoms with Crippen LogP contribution in [-0.4, -0.2) is 39.5 Å². The minimum atomic E-state index is 0.128. The summed E-state index contributed by atoms with van der Waals surface area (Å²) < 4.78 is 0. The smallest absolute Gasteiger partial charge is 0.224 e. The molecule has 20 heavy (non-hydrogen) atoms. The van der Waals surface area contributed by atoms with Gasteiger partial charge in [0.15, 0.2) is 0 Å². The van der Waals surface area contributed by atoms with Gasteiger partial charge in [-0.3, -0.25) is 0 Å². The first-order chi connectivity index (χ1) is 9.74. The van der Waals surface area contributed by atoms with Gasteiger partial charge in [-0.15, -0.1) is 11.8 Å². The van der Waals surface area contributed by atoms with Gasteiger partial charge in [0.05, 0.1) is 10.6 Å². The van der Waals surface area contributed by atoms with Gasteiger partial charge in [-0.1, -0.05) is 0 Å². The summed E-state index contributed by atoms with van der Waals surface area (Å²) in [6, 6.07) is 0. The monoisotopic (exact) mass is 311 g/mol. The van der Waals surface area contributed by atoms with E-state index in [1.54, 1.807) is 0 Å². The van der Waals surface area contributed by atoms with E-state index in [9.17, 15) is 5.11 Å². The summed E-state index contributed by atoms with van der Waals surface area (Å²) in [6.45, 7) is 1.26. The molecule has 2 fully saturated rings. The maximum absolute atomic E-state index is 9.69. The fourth-order valence-electron chi connectivity index (χ4n) is 4.00. The van der Waals surface area contributed by atoms with Gasteiger partial charge in [-0.2, -0.15) is 4.98 Å². The Morgan fingerprint density at radius 3 is 2.95 bits per heavy atom. The zero-order chi connectivity index (χ0) is 13.7. The van der Waals surface area contributed by atoms with Crippen molar-refractivity contribution < 1.29 is 5.11 Å². The molecule has 1 aromatic rings. The van der Waals surface area contributed by atoms with Crippen LogP contribution >= 0.6 is 23.4 Å². The summed E-state index contributed by atoms with van der Waals surface area (Å²) in [5.41, 5.74) is 1.23. The molecule has 2 aliphatic heterocycles. The van der Waals surface area contributed by atoms with Crippen molar-refractivity contribution in [3.8, 4) is 0 Å². The van der Waals surface area contributed by atoms with E-state index in [0.717, 1.165) is 36.7 Å². The molecule has 1 spiro atoms. The van der Waals surface area contributed by atoms with E-state index >= 15 is 0 Å². The fourth-order valence-corrected chi connectivity index (χ4v) is 5.28. The van der Waals surface area contributed by atoms with Crippen LogP contribution in [0.1, 0.15) is 31.4 Å². The summed E-state index contributed by atoms with van der Waals surface area (Å²) in [4.78, 5) is 12.6. The molecule has 6 heteroatoms. The molecule has 108 valence electrons. The lowest BCUT2D eigenvalue weighted by molar-refractivity contribution is 0.114. The number of thioether (sulfide) groups is 1. The van der Waals surface area contributed by atoms with Crippen molar-refractivity contribution in [2.45, 2.75) is 42.5 Å². The lowest BCUT2D eigenvalue weighted by Gasteiger charge is -2.50. The number of hydrogen-bond acceptors (Lipinski definition) is 5. The van der Waals surface area contributed by atoms with Gasteiger partial charge < -0.3 is 10.0 Å². The van der Waals surface area contributed by atoms with E-state index in [0.29, 0.717) is 11.2 Å². The van der Waals surface area contributed by atoms with Gasteiger partial charge in [0.2, 0.25) is 5.28 Å². The second kappa shape index (κ2) is 4.75. The Bertz CT molecular complexity index is 549. The van der Waals surface area contributed by atoms with Crippen LogP contribution in [0.5, 0.6) is 0 Å². The molecule has 0 amide bonds. The van der Waals surface area contributed by atoms with Gasteiger partial charge in [0, 0.05) is 36.8 Å². The van der Waals surface area contributed by atoms with E-state index in [1.165, 1.54) is 24.2 Å². The first-order valence-corrected chi connectivity index (χ1v) is 8.69. The molecule has 1 unspecified atom stereocenters. The highest BCUT2D eigenvalue weighted by molar-refractivity contribution is 7.99. The predicted molar refractivity (Wildman–Crippen MR) is 80.6 cm³/mol. The van der Waals surface area contributed by atoms with E-state index in [2.05, 4.69) is 14.9 Å². The maximum atomic E-state index is 9.69. The second-order valence-electron chi connectivity index (χ2n) is 5.97. The van der Waals surface area contributed by atoms with Crippen molar-refractivity contribution in [2.24, 2.45) is 5.92 Å². The molecule has 0 bridgehead atoms. The number of nitrogens with zero attached hydrogens (tertiary/aromatic N) is 3. The highest BCUT2D eigenvalue weighted by atomic mass is 35.5. The SMILES string of the molecule is OCC1CCN(c2nc(Cl)nc3c2SCC3)C12CCC2. The van der Waals surface area contributed by atoms with Crippen LogP contribution in [0.3, 0.4) is 0 Å². The third-order valence-corrected chi connectivity index (χ3v) is 6.45. The Kier molecular flexibility index (Phi) is 3.13. The predicted octanol–water partition coefficient (Wildman–Crippen LogP) is 2.52. The zero-order valence-corrected chi connectivity index (χ0v) is 12.9. The summed E-state index contributed by atoms with van der Waals surface area (Å²) in [7, 11) is 0. The van der Waals surface area contributed by atoms with E-state index in [-0.39, 0.29) is 12.1 Å². The Balaban J connectivity index is 1.78. The van der Waals surface area contributed by atoms with E-state index in [1.807, 2.05) is 11.8 Å². The number of fused-ring (bicyclic) bond motifs is 1. The molecule has 1 saturated heterocycles. The number of hydrogen-bond donors (Lipinski definition) is 1. The van der Waals surface area contributed by atoms with E-state index < -0.39 is 0 Å². The van der Waals surface area contributed by atoms with Crippen LogP contribution in [0.25, 0.3) is 0 Å². The first-order valence-electron chi connectivity index (χ1n) is 7.32. The van der Waals surface area contributed by atoms with Crippen molar-refractivity contribution in [1.82, 2.24) is 9.97 Å². The summed E-state index contributed by atoms with van der Waals surface area (Å²) in [5.74, 6) is 2.48. The van der Waals surface area contributed by atoms with Crippen molar-refractivity contribution in [3.05, 3.63) is 11.0 Å². The minimum Gasteiger partial charge on any atom is -0.396 e.